The van der Waals surface area contributed by atoms with E-state index in [1.165, 1.54) is 0 Å². The van der Waals surface area contributed by atoms with Crippen molar-refractivity contribution >= 4 is 17.2 Å². The van der Waals surface area contributed by atoms with Gasteiger partial charge in [-0.15, -0.1) is 10.2 Å². The number of fused-ring (bicyclic) bond motifs is 1. The second kappa shape index (κ2) is 6.40. The molecule has 0 unspecified atom stereocenters. The third kappa shape index (κ3) is 3.16. The highest BCUT2D eigenvalue weighted by atomic mass is 16.5. The average Bonchev–Trinajstić information content (AvgIpc) is 3.21. The van der Waals surface area contributed by atoms with E-state index in [9.17, 15) is 4.79 Å². The molecule has 1 amide bonds. The number of aryl methyl sites for hydroxylation is 2. The highest BCUT2D eigenvalue weighted by Crippen LogP contribution is 2.19. The third-order valence-corrected chi connectivity index (χ3v) is 3.88. The summed E-state index contributed by atoms with van der Waals surface area (Å²) in [6.07, 6.45) is 1.91. The van der Waals surface area contributed by atoms with Crippen molar-refractivity contribution < 1.29 is 9.32 Å². The van der Waals surface area contributed by atoms with Crippen LogP contribution in [0.4, 0.5) is 5.69 Å². The van der Waals surface area contributed by atoms with Crippen LogP contribution >= 0.6 is 0 Å². The van der Waals surface area contributed by atoms with Gasteiger partial charge in [0.1, 0.15) is 5.82 Å². The maximum Gasteiger partial charge on any atom is 0.258 e. The van der Waals surface area contributed by atoms with Gasteiger partial charge in [0.25, 0.3) is 5.89 Å². The summed E-state index contributed by atoms with van der Waals surface area (Å²) < 4.78 is 6.93. The predicted molar refractivity (Wildman–Crippen MR) is 94.5 cm³/mol. The Morgan fingerprint density at radius 3 is 2.85 bits per heavy atom. The van der Waals surface area contributed by atoms with E-state index < -0.39 is 0 Å². The molecule has 26 heavy (non-hydrogen) atoms. The summed E-state index contributed by atoms with van der Waals surface area (Å²) in [6, 6.07) is 11.3. The molecule has 0 atom stereocenters. The van der Waals surface area contributed by atoms with Crippen LogP contribution in [0.3, 0.4) is 0 Å². The first-order valence-electron chi connectivity index (χ1n) is 8.09. The first-order valence-corrected chi connectivity index (χ1v) is 8.09. The van der Waals surface area contributed by atoms with Gasteiger partial charge < -0.3 is 9.84 Å². The molecule has 4 rings (SSSR count). The molecule has 0 radical (unpaired) electrons. The molecule has 3 aromatic heterocycles. The number of rotatable bonds is 4. The van der Waals surface area contributed by atoms with Gasteiger partial charge >= 0.3 is 0 Å². The molecular weight excluding hydrogens is 332 g/mol. The Balaban J connectivity index is 1.54. The van der Waals surface area contributed by atoms with Gasteiger partial charge in [-0.05, 0) is 43.7 Å². The molecule has 1 N–H and O–H groups in total. The van der Waals surface area contributed by atoms with Crippen LogP contribution in [0.25, 0.3) is 17.1 Å². The molecule has 0 aliphatic heterocycles. The number of carbonyl (C=O) groups is 1. The van der Waals surface area contributed by atoms with Crippen LogP contribution in [0, 0.1) is 13.8 Å². The zero-order valence-electron chi connectivity index (χ0n) is 14.3. The molecule has 0 aliphatic rings. The van der Waals surface area contributed by atoms with Crippen LogP contribution < -0.4 is 5.32 Å². The lowest BCUT2D eigenvalue weighted by Gasteiger charge is -2.05. The van der Waals surface area contributed by atoms with Gasteiger partial charge in [-0.3, -0.25) is 9.20 Å². The molecule has 3 heterocycles. The predicted octanol–water partition coefficient (Wildman–Crippen LogP) is 2.58. The maximum absolute atomic E-state index is 12.3. The molecule has 0 aliphatic carbocycles. The fourth-order valence-electron chi connectivity index (χ4n) is 2.68. The van der Waals surface area contributed by atoms with Crippen molar-refractivity contribution in [2.75, 3.05) is 5.32 Å². The molecule has 0 saturated heterocycles. The quantitative estimate of drug-likeness (QED) is 0.609. The van der Waals surface area contributed by atoms with Crippen molar-refractivity contribution in [2.45, 2.75) is 20.3 Å². The number of hydrogen-bond donors (Lipinski definition) is 1. The number of nitrogens with zero attached hydrogens (tertiary/aromatic N) is 5. The second-order valence-electron chi connectivity index (χ2n) is 6.00. The second-order valence-corrected chi connectivity index (χ2v) is 6.00. The summed E-state index contributed by atoms with van der Waals surface area (Å²) in [5, 5.41) is 14.9. The monoisotopic (exact) mass is 348 g/mol. The summed E-state index contributed by atoms with van der Waals surface area (Å²) >= 11 is 0. The van der Waals surface area contributed by atoms with Crippen LogP contribution in [0.15, 0.2) is 47.1 Å². The summed E-state index contributed by atoms with van der Waals surface area (Å²) in [7, 11) is 0. The molecule has 8 nitrogen and oxygen atoms in total. The van der Waals surface area contributed by atoms with Crippen molar-refractivity contribution in [3.05, 3.63) is 59.8 Å². The molecular formula is C18H16N6O2. The van der Waals surface area contributed by atoms with Crippen molar-refractivity contribution in [1.82, 2.24) is 24.7 Å². The molecule has 0 saturated carbocycles. The molecule has 4 aromatic rings. The summed E-state index contributed by atoms with van der Waals surface area (Å²) in [4.78, 5) is 16.5. The van der Waals surface area contributed by atoms with Crippen LogP contribution in [-0.4, -0.2) is 30.6 Å². The molecule has 130 valence electrons. The van der Waals surface area contributed by atoms with Gasteiger partial charge in [-0.25, -0.2) is 0 Å². The number of aromatic nitrogens is 5. The van der Waals surface area contributed by atoms with Crippen molar-refractivity contribution in [3.8, 4) is 11.5 Å². The normalized spacial score (nSPS) is 11.0. The molecule has 1 aromatic carbocycles. The third-order valence-electron chi connectivity index (χ3n) is 3.88. The summed E-state index contributed by atoms with van der Waals surface area (Å²) in [5.74, 6) is 1.39. The lowest BCUT2D eigenvalue weighted by Crippen LogP contribution is -2.16. The zero-order valence-corrected chi connectivity index (χ0v) is 14.3. The minimum atomic E-state index is -0.151. The molecule has 0 fully saturated rings. The molecule has 8 heteroatoms. The summed E-state index contributed by atoms with van der Waals surface area (Å²) in [6.45, 7) is 3.73. The van der Waals surface area contributed by atoms with E-state index in [-0.39, 0.29) is 12.3 Å². The Hall–Kier alpha value is -3.55. The molecule has 0 spiro atoms. The van der Waals surface area contributed by atoms with Crippen LogP contribution in [-0.2, 0) is 11.2 Å². The van der Waals surface area contributed by atoms with E-state index >= 15 is 0 Å². The number of pyridine rings is 1. The Kier molecular flexibility index (Phi) is 3.92. The first-order chi connectivity index (χ1) is 12.6. The highest BCUT2D eigenvalue weighted by molar-refractivity contribution is 5.92. The van der Waals surface area contributed by atoms with E-state index in [1.807, 2.05) is 37.3 Å². The lowest BCUT2D eigenvalue weighted by atomic mass is 10.2. The van der Waals surface area contributed by atoms with Gasteiger partial charge in [0.15, 0.2) is 11.5 Å². The smallest absolute Gasteiger partial charge is 0.258 e. The van der Waals surface area contributed by atoms with Crippen LogP contribution in [0.5, 0.6) is 0 Å². The Morgan fingerprint density at radius 2 is 2.08 bits per heavy atom. The number of hydrogen-bond acceptors (Lipinski definition) is 6. The Morgan fingerprint density at radius 1 is 1.19 bits per heavy atom. The van der Waals surface area contributed by atoms with Crippen molar-refractivity contribution in [3.63, 3.8) is 0 Å². The van der Waals surface area contributed by atoms with Gasteiger partial charge in [-0.1, -0.05) is 17.3 Å². The minimum Gasteiger partial charge on any atom is -0.334 e. The number of amides is 1. The zero-order chi connectivity index (χ0) is 18.1. The molecule has 0 bridgehead atoms. The minimum absolute atomic E-state index is 0.119. The van der Waals surface area contributed by atoms with Gasteiger partial charge in [0.05, 0.1) is 6.42 Å². The average molecular weight is 348 g/mol. The largest absolute Gasteiger partial charge is 0.334 e. The highest BCUT2D eigenvalue weighted by Gasteiger charge is 2.13. The summed E-state index contributed by atoms with van der Waals surface area (Å²) in [5.41, 5.74) is 3.20. The fraction of sp³-hybridized carbons (Fsp3) is 0.167. The van der Waals surface area contributed by atoms with E-state index in [2.05, 4.69) is 25.7 Å². The van der Waals surface area contributed by atoms with Crippen molar-refractivity contribution in [1.29, 1.82) is 0 Å². The fourth-order valence-corrected chi connectivity index (χ4v) is 2.68. The van der Waals surface area contributed by atoms with E-state index in [4.69, 9.17) is 4.52 Å². The Bertz CT molecular complexity index is 1100. The maximum atomic E-state index is 12.3. The number of carbonyl (C=O) groups excluding carboxylic acids is 1. The Labute approximate surface area is 148 Å². The van der Waals surface area contributed by atoms with E-state index in [0.717, 1.165) is 16.8 Å². The van der Waals surface area contributed by atoms with E-state index in [0.29, 0.717) is 23.2 Å². The standard InChI is InChI=1S/C18H16N6O2/c1-11-4-3-5-14(8-11)20-17(25)10-16-22-21-15-9-13(6-7-24(15)16)18-19-12(2)23-26-18/h3-9H,10H2,1-2H3,(H,20,25). The number of nitrogens with one attached hydrogen (secondary N) is 1. The van der Waals surface area contributed by atoms with E-state index in [1.54, 1.807) is 23.6 Å². The SMILES string of the molecule is Cc1cccc(NC(=O)Cc2nnc3cc(-c4nc(C)no4)ccn23)c1. The van der Waals surface area contributed by atoms with Crippen molar-refractivity contribution in [2.24, 2.45) is 0 Å². The lowest BCUT2D eigenvalue weighted by molar-refractivity contribution is -0.115. The number of anilines is 1. The van der Waals surface area contributed by atoms with Gasteiger partial charge in [0.2, 0.25) is 5.91 Å². The topological polar surface area (TPSA) is 98.2 Å². The van der Waals surface area contributed by atoms with Gasteiger partial charge in [-0.2, -0.15) is 4.98 Å². The first kappa shape index (κ1) is 15.9. The van der Waals surface area contributed by atoms with Crippen LogP contribution in [0.2, 0.25) is 0 Å². The van der Waals surface area contributed by atoms with Crippen LogP contribution in [0.1, 0.15) is 17.2 Å². The number of benzene rings is 1. The van der Waals surface area contributed by atoms with Gasteiger partial charge in [0, 0.05) is 17.4 Å².